The molecule has 2 amide bonds. The van der Waals surface area contributed by atoms with Gasteiger partial charge in [0.05, 0.1) is 11.3 Å². The first-order valence-electron chi connectivity index (χ1n) is 5.92. The molecule has 11 heteroatoms. The van der Waals surface area contributed by atoms with E-state index >= 15 is 0 Å². The lowest BCUT2D eigenvalue weighted by atomic mass is 10.4. The van der Waals surface area contributed by atoms with Crippen molar-refractivity contribution in [2.75, 3.05) is 25.9 Å². The molecule has 0 atom stereocenters. The van der Waals surface area contributed by atoms with Crippen molar-refractivity contribution in [2.24, 2.45) is 0 Å². The molecule has 0 unspecified atom stereocenters. The number of sulfonamides is 1. The van der Waals surface area contributed by atoms with Crippen molar-refractivity contribution in [3.63, 3.8) is 0 Å². The molecule has 0 saturated carbocycles. The Bertz CT molecular complexity index is 598. The summed E-state index contributed by atoms with van der Waals surface area (Å²) in [6.07, 6.45) is 1.46. The number of hydrogen-bond donors (Lipinski definition) is 4. The third kappa shape index (κ3) is 7.58. The number of carboxylic acid groups (broad SMARTS) is 1. The van der Waals surface area contributed by atoms with Gasteiger partial charge in [-0.2, -0.15) is 0 Å². The van der Waals surface area contributed by atoms with Crippen LogP contribution in [-0.4, -0.2) is 56.4 Å². The van der Waals surface area contributed by atoms with Crippen LogP contribution in [0.1, 0.15) is 15.5 Å². The Hall–Kier alpha value is -1.72. The molecule has 0 radical (unpaired) electrons. The zero-order chi connectivity index (χ0) is 15.9. The Morgan fingerprint density at radius 2 is 1.95 bits per heavy atom. The molecular formula is C10H16N4O5S2. The highest BCUT2D eigenvalue weighted by atomic mass is 32.2. The fourth-order valence-electron chi connectivity index (χ4n) is 1.28. The summed E-state index contributed by atoms with van der Waals surface area (Å²) in [6, 6.07) is -0.430. The topological polar surface area (TPSA) is 137 Å². The van der Waals surface area contributed by atoms with Crippen LogP contribution in [0.3, 0.4) is 0 Å². The zero-order valence-electron chi connectivity index (χ0n) is 11.2. The lowest BCUT2D eigenvalue weighted by Gasteiger charge is -2.07. The van der Waals surface area contributed by atoms with E-state index < -0.39 is 22.0 Å². The van der Waals surface area contributed by atoms with Crippen molar-refractivity contribution in [2.45, 2.75) is 6.42 Å². The van der Waals surface area contributed by atoms with Crippen LogP contribution >= 0.6 is 11.3 Å². The van der Waals surface area contributed by atoms with Crippen molar-refractivity contribution in [3.05, 3.63) is 16.1 Å². The van der Waals surface area contributed by atoms with Crippen LogP contribution in [0.4, 0.5) is 4.79 Å². The molecule has 1 aromatic heterocycles. The van der Waals surface area contributed by atoms with Crippen molar-refractivity contribution in [1.29, 1.82) is 0 Å². The van der Waals surface area contributed by atoms with Crippen LogP contribution in [0, 0.1) is 0 Å². The van der Waals surface area contributed by atoms with E-state index in [1.54, 1.807) is 0 Å². The Morgan fingerprint density at radius 1 is 1.29 bits per heavy atom. The minimum atomic E-state index is -3.26. The minimum Gasteiger partial charge on any atom is -0.476 e. The first kappa shape index (κ1) is 17.3. The Labute approximate surface area is 125 Å². The first-order chi connectivity index (χ1) is 9.78. The molecule has 0 bridgehead atoms. The standard InChI is InChI=1S/C10H16N4O5S2/c1-21(18,19)13-5-4-12-10(17)11-3-2-8-14-7(6-20-8)9(15)16/h6,13H,2-5H2,1H3,(H,15,16)(H2,11,12,17). The van der Waals surface area contributed by atoms with Gasteiger partial charge < -0.3 is 15.7 Å². The number of aromatic carboxylic acids is 1. The fraction of sp³-hybridized carbons (Fsp3) is 0.500. The summed E-state index contributed by atoms with van der Waals surface area (Å²) in [5, 5.41) is 15.8. The summed E-state index contributed by atoms with van der Waals surface area (Å²) >= 11 is 1.21. The molecule has 0 fully saturated rings. The van der Waals surface area contributed by atoms with Crippen LogP contribution in [0.15, 0.2) is 5.38 Å². The maximum atomic E-state index is 11.4. The van der Waals surface area contributed by atoms with Crippen LogP contribution in [0.5, 0.6) is 0 Å². The fourth-order valence-corrected chi connectivity index (χ4v) is 2.53. The molecule has 9 nitrogen and oxygen atoms in total. The van der Waals surface area contributed by atoms with Gasteiger partial charge in [-0.1, -0.05) is 0 Å². The van der Waals surface area contributed by atoms with E-state index in [0.717, 1.165) is 6.26 Å². The van der Waals surface area contributed by atoms with Gasteiger partial charge in [0.15, 0.2) is 5.69 Å². The molecule has 0 aliphatic carbocycles. The van der Waals surface area contributed by atoms with Crippen LogP contribution in [0.2, 0.25) is 0 Å². The second-order valence-electron chi connectivity index (χ2n) is 4.03. The van der Waals surface area contributed by atoms with Gasteiger partial charge in [0.1, 0.15) is 0 Å². The van der Waals surface area contributed by atoms with E-state index in [0.29, 0.717) is 18.0 Å². The lowest BCUT2D eigenvalue weighted by Crippen LogP contribution is -2.40. The third-order valence-corrected chi connectivity index (χ3v) is 3.81. The number of carbonyl (C=O) groups excluding carboxylic acids is 1. The minimum absolute atomic E-state index is 0.00805. The molecule has 0 aliphatic rings. The number of carboxylic acids is 1. The maximum absolute atomic E-state index is 11.4. The van der Waals surface area contributed by atoms with E-state index in [-0.39, 0.29) is 18.8 Å². The summed E-state index contributed by atoms with van der Waals surface area (Å²) in [7, 11) is -3.26. The summed E-state index contributed by atoms with van der Waals surface area (Å²) in [5.74, 6) is -1.08. The van der Waals surface area contributed by atoms with E-state index in [4.69, 9.17) is 5.11 Å². The summed E-state index contributed by atoms with van der Waals surface area (Å²) in [5.41, 5.74) is -0.00805. The average molecular weight is 336 g/mol. The predicted octanol–water partition coefficient (Wildman–Crippen LogP) is -0.768. The first-order valence-corrected chi connectivity index (χ1v) is 8.69. The maximum Gasteiger partial charge on any atom is 0.355 e. The van der Waals surface area contributed by atoms with Crippen molar-refractivity contribution < 1.29 is 23.1 Å². The number of amides is 2. The average Bonchev–Trinajstić information content (AvgIpc) is 2.82. The normalized spacial score (nSPS) is 11.1. The highest BCUT2D eigenvalue weighted by Crippen LogP contribution is 2.09. The van der Waals surface area contributed by atoms with Crippen LogP contribution in [0.25, 0.3) is 0 Å². The summed E-state index contributed by atoms with van der Waals surface area (Å²) in [4.78, 5) is 25.9. The summed E-state index contributed by atoms with van der Waals surface area (Å²) < 4.78 is 23.8. The highest BCUT2D eigenvalue weighted by molar-refractivity contribution is 7.88. The quantitative estimate of drug-likeness (QED) is 0.460. The van der Waals surface area contributed by atoms with Gasteiger partial charge >= 0.3 is 12.0 Å². The molecular weight excluding hydrogens is 320 g/mol. The molecule has 118 valence electrons. The number of thiazole rings is 1. The molecule has 0 saturated heterocycles. The smallest absolute Gasteiger partial charge is 0.355 e. The molecule has 21 heavy (non-hydrogen) atoms. The van der Waals surface area contributed by atoms with Gasteiger partial charge in [-0.3, -0.25) is 0 Å². The number of aromatic nitrogens is 1. The second kappa shape index (κ2) is 7.90. The van der Waals surface area contributed by atoms with E-state index in [2.05, 4.69) is 20.3 Å². The third-order valence-electron chi connectivity index (χ3n) is 2.17. The summed E-state index contributed by atoms with van der Waals surface area (Å²) in [6.45, 7) is 0.581. The number of carbonyl (C=O) groups is 2. The van der Waals surface area contributed by atoms with Gasteiger partial charge in [-0.25, -0.2) is 27.7 Å². The Morgan fingerprint density at radius 3 is 2.52 bits per heavy atom. The van der Waals surface area contributed by atoms with Gasteiger partial charge in [-0.05, 0) is 0 Å². The number of nitrogens with one attached hydrogen (secondary N) is 3. The molecule has 4 N–H and O–H groups in total. The zero-order valence-corrected chi connectivity index (χ0v) is 12.9. The molecule has 1 rings (SSSR count). The van der Waals surface area contributed by atoms with E-state index in [1.165, 1.54) is 16.7 Å². The van der Waals surface area contributed by atoms with Gasteiger partial charge in [0.2, 0.25) is 10.0 Å². The monoisotopic (exact) mass is 336 g/mol. The SMILES string of the molecule is CS(=O)(=O)NCCNC(=O)NCCc1nc(C(=O)O)cs1. The molecule has 1 aromatic rings. The van der Waals surface area contributed by atoms with Gasteiger partial charge in [0, 0.05) is 31.4 Å². The van der Waals surface area contributed by atoms with Crippen LogP contribution in [-0.2, 0) is 16.4 Å². The van der Waals surface area contributed by atoms with Gasteiger partial charge in [0.25, 0.3) is 0 Å². The predicted molar refractivity (Wildman–Crippen MR) is 77.0 cm³/mol. The van der Waals surface area contributed by atoms with Crippen LogP contribution < -0.4 is 15.4 Å². The molecule has 1 heterocycles. The number of nitrogens with zero attached hydrogens (tertiary/aromatic N) is 1. The molecule has 0 aromatic carbocycles. The molecule has 0 aliphatic heterocycles. The second-order valence-corrected chi connectivity index (χ2v) is 6.81. The Kier molecular flexibility index (Phi) is 6.52. The lowest BCUT2D eigenvalue weighted by molar-refractivity contribution is 0.0691. The van der Waals surface area contributed by atoms with Crippen molar-refractivity contribution >= 4 is 33.4 Å². The number of hydrogen-bond acceptors (Lipinski definition) is 6. The largest absolute Gasteiger partial charge is 0.476 e. The Balaban J connectivity index is 2.17. The number of urea groups is 1. The van der Waals surface area contributed by atoms with E-state index in [1.807, 2.05) is 0 Å². The highest BCUT2D eigenvalue weighted by Gasteiger charge is 2.08. The van der Waals surface area contributed by atoms with E-state index in [9.17, 15) is 18.0 Å². The van der Waals surface area contributed by atoms with Gasteiger partial charge in [-0.15, -0.1) is 11.3 Å². The van der Waals surface area contributed by atoms with Crippen molar-refractivity contribution in [1.82, 2.24) is 20.3 Å². The van der Waals surface area contributed by atoms with Crippen molar-refractivity contribution in [3.8, 4) is 0 Å². The number of rotatable bonds is 8. The molecule has 0 spiro atoms.